The minimum atomic E-state index is -3.26. The number of hydrogen-bond acceptors (Lipinski definition) is 16. The largest absolute Gasteiger partial charge is 0.444 e. The van der Waals surface area contributed by atoms with Crippen LogP contribution in [0.2, 0.25) is 0 Å². The molecular weight excluding hydrogens is 1930 g/mol. The maximum Gasteiger partial charge on any atom is 0.411 e. The third kappa shape index (κ3) is 30.1. The second kappa shape index (κ2) is 62.5. The second-order valence-electron chi connectivity index (χ2n) is 28.8. The van der Waals surface area contributed by atoms with Gasteiger partial charge in [-0.25, -0.2) is 27.2 Å². The molecule has 5 aliphatic heterocycles. The first kappa shape index (κ1) is 116. The molecule has 27 rings (SSSR count). The highest BCUT2D eigenvalue weighted by atomic mass is 32.2. The van der Waals surface area contributed by atoms with E-state index in [-0.39, 0.29) is 17.4 Å². The average molecular weight is 2060 g/mol. The number of nitrogens with zero attached hydrogens (tertiary/aromatic N) is 4. The first-order chi connectivity index (χ1) is 71.4. The summed E-state index contributed by atoms with van der Waals surface area (Å²) in [6, 6.07) is 110. The molecule has 13 heterocycles. The van der Waals surface area contributed by atoms with E-state index in [0.29, 0.717) is 22.9 Å². The molecule has 0 saturated carbocycles. The Labute approximate surface area is 879 Å². The maximum absolute atomic E-state index is 12.1. The van der Waals surface area contributed by atoms with Gasteiger partial charge in [-0.2, -0.15) is 0 Å². The molecule has 0 saturated heterocycles. The molecule has 0 fully saturated rings. The quantitative estimate of drug-likeness (QED) is 0.112. The molecule has 145 heavy (non-hydrogen) atoms. The van der Waals surface area contributed by atoms with E-state index >= 15 is 0 Å². The molecular formula is C122H134N8O8S7. The van der Waals surface area contributed by atoms with Crippen LogP contribution in [0.5, 0.6) is 0 Å². The van der Waals surface area contributed by atoms with Crippen LogP contribution in [-0.4, -0.2) is 49.5 Å². The highest BCUT2D eigenvalue weighted by Gasteiger charge is 2.32. The van der Waals surface area contributed by atoms with Crippen molar-refractivity contribution in [3.63, 3.8) is 0 Å². The molecule has 0 bridgehead atoms. The fraction of sp³-hybridized carbons (Fsp3) is 0.197. The van der Waals surface area contributed by atoms with E-state index in [4.69, 9.17) is 9.26 Å². The van der Waals surface area contributed by atoms with Crippen molar-refractivity contribution in [2.75, 3.05) is 16.0 Å². The second-order valence-corrected chi connectivity index (χ2v) is 36.9. The number of carbonyl (C=O) groups excluding carboxylic acids is 3. The molecule has 23 heteroatoms. The SMILES string of the molecule is CC.CC.CC.CC.CC.CC.CC.CC.CC.CC.O=C1NCc2ccccc2N1.O=C1Nc2ccccc2CO1.O=C1Nc2ccccc2CS1.O=S1(=O)c2ccccc2-c2ccccc21.O=S1c2ccccc2-c2ccccc21.c1cc2c(ccc3conc32)s1.c1ccc2c(c1)ccc1ccsc12.c1ccc2c(c1)ccc1sccc12.c1ccc2c(c1)nc1ccccn12.c1cnc2c(c1)Cc1sccc1-2. The molecule has 0 atom stereocenters. The Morgan fingerprint density at radius 3 is 1.52 bits per heavy atom. The summed E-state index contributed by atoms with van der Waals surface area (Å²) in [6.07, 6.45) is 6.28. The normalized spacial score (nSPS) is 11.7. The van der Waals surface area contributed by atoms with Crippen molar-refractivity contribution < 1.29 is 36.3 Å². The molecule has 8 aromatic heterocycles. The number of anilines is 3. The molecule has 0 radical (unpaired) electrons. The molecule has 1 aliphatic carbocycles. The van der Waals surface area contributed by atoms with Crippen LogP contribution in [0.3, 0.4) is 0 Å². The topological polar surface area (TPSA) is 216 Å². The lowest BCUT2D eigenvalue weighted by molar-refractivity contribution is 0.151. The van der Waals surface area contributed by atoms with E-state index in [1.165, 1.54) is 90.8 Å². The molecule has 16 nitrogen and oxygen atoms in total. The highest BCUT2D eigenvalue weighted by Crippen LogP contribution is 2.44. The summed E-state index contributed by atoms with van der Waals surface area (Å²) in [4.78, 5) is 45.4. The van der Waals surface area contributed by atoms with Gasteiger partial charge in [0, 0.05) is 99.9 Å². The van der Waals surface area contributed by atoms with E-state index in [0.717, 1.165) is 100.0 Å². The third-order valence-corrected chi connectivity index (χ3v) is 29.0. The van der Waals surface area contributed by atoms with E-state index in [1.54, 1.807) is 53.2 Å². The standard InChI is InChI=1S/C12H8O2S.C12H8OS.2C12H8S.C11H8N2.C10H7NS.C9H5NOS.C8H8N2O.C8H7NO2.C8H7NOS.10C2H6/c13-15(14)11-7-3-1-5-9(11)10-6-2-4-8-12(10)15;13-14-11-7-3-1-5-9(11)10-6-2-4-8-12(10)14;1-2-4-11-9(3-1)5-6-10-7-8-13-12(10)11;1-2-4-10-9(3-1)5-6-12-11(10)7-8-13-12;1-2-6-10-9(5-1)12-11-7-3-4-8-13(10)11;1-2-7-6-9-8(3-5-12-9)10(7)11-4-1;1-2-8-7(3-4-12-8)9-6(1)5-11-10-9;11-8-9-5-6-3-1-2-4-7(6)10-8;2*10-8-9-7-4-2-1-3-6(7)5-11-8;10*1-2/h1-8H;1-8H;3*1-8H;1-5H,6H2;1-5H;1-4H,5H2,(H2,9,10,11);2*1-4H,5H2,(H,9,10);10*1-2H3. The first-order valence-electron chi connectivity index (χ1n) is 49.8. The molecule has 6 aliphatic rings. The van der Waals surface area contributed by atoms with Gasteiger partial charge in [0.05, 0.1) is 52.8 Å². The van der Waals surface area contributed by atoms with Gasteiger partial charge in [-0.05, 0) is 192 Å². The predicted octanol–water partition coefficient (Wildman–Crippen LogP) is 37.5. The zero-order chi connectivity index (χ0) is 105. The Morgan fingerprint density at radius 1 is 0.386 bits per heavy atom. The minimum absolute atomic E-state index is 0.0451. The number of ether oxygens (including phenoxy) is 1. The van der Waals surface area contributed by atoms with Crippen molar-refractivity contribution in [2.24, 2.45) is 0 Å². The van der Waals surface area contributed by atoms with Gasteiger partial charge in [-0.15, -0.1) is 45.3 Å². The fourth-order valence-electron chi connectivity index (χ4n) is 15.1. The number of urea groups is 1. The number of benzene rings is 13. The Hall–Kier alpha value is -14.0. The van der Waals surface area contributed by atoms with Crippen molar-refractivity contribution in [3.05, 3.63) is 401 Å². The molecule has 0 unspecified atom stereocenters. The Kier molecular flexibility index (Phi) is 50.1. The first-order valence-corrected chi connectivity index (χ1v) is 57.0. The summed E-state index contributed by atoms with van der Waals surface area (Å²) < 4.78 is 51.9. The van der Waals surface area contributed by atoms with Crippen molar-refractivity contribution in [1.29, 1.82) is 0 Å². The lowest BCUT2D eigenvalue weighted by atomic mass is 10.1. The molecule has 21 aromatic rings. The number of nitrogens with one attached hydrogen (secondary N) is 4. The summed E-state index contributed by atoms with van der Waals surface area (Å²) >= 11 is 8.48. The Bertz CT molecular complexity index is 7250. The molecule has 4 amide bonds. The van der Waals surface area contributed by atoms with Crippen LogP contribution in [0.15, 0.2) is 398 Å². The number of pyridine rings is 2. The summed E-state index contributed by atoms with van der Waals surface area (Å²) in [6.45, 7) is 41.0. The molecule has 13 aromatic carbocycles. The molecule has 4 N–H and O–H groups in total. The van der Waals surface area contributed by atoms with Gasteiger partial charge in [-0.3, -0.25) is 19.5 Å². The number of imidazole rings is 1. The summed E-state index contributed by atoms with van der Waals surface area (Å²) in [5.74, 6) is 0.794. The lowest BCUT2D eigenvalue weighted by Gasteiger charge is -2.17. The monoisotopic (exact) mass is 2060 g/mol. The number of sulfone groups is 1. The molecule has 752 valence electrons. The van der Waals surface area contributed by atoms with Crippen molar-refractivity contribution >= 4 is 192 Å². The number of aromatic nitrogens is 4. The van der Waals surface area contributed by atoms with Crippen LogP contribution in [0.1, 0.15) is 166 Å². The number of carbonyl (C=O) groups is 3. The van der Waals surface area contributed by atoms with Gasteiger partial charge in [0.15, 0.2) is 0 Å². The van der Waals surface area contributed by atoms with E-state index < -0.39 is 20.6 Å². The van der Waals surface area contributed by atoms with Gasteiger partial charge >= 0.3 is 12.1 Å². The van der Waals surface area contributed by atoms with Crippen LogP contribution in [0.4, 0.5) is 31.4 Å². The number of para-hydroxylation sites is 5. The number of fused-ring (bicyclic) bond motifs is 24. The number of thioether (sulfide) groups is 1. The minimum Gasteiger partial charge on any atom is -0.444 e. The third-order valence-electron chi connectivity index (χ3n) is 21.2. The van der Waals surface area contributed by atoms with Crippen LogP contribution >= 0.6 is 57.1 Å². The number of hydrogen-bond donors (Lipinski definition) is 4. The van der Waals surface area contributed by atoms with E-state index in [2.05, 4.69) is 178 Å². The van der Waals surface area contributed by atoms with Crippen molar-refractivity contribution in [2.45, 2.75) is 183 Å². The zero-order valence-electron chi connectivity index (χ0n) is 86.5. The Balaban J connectivity index is 0.000000193. The number of rotatable bonds is 0. The van der Waals surface area contributed by atoms with E-state index in [1.807, 2.05) is 368 Å². The Morgan fingerprint density at radius 2 is 0.869 bits per heavy atom. The van der Waals surface area contributed by atoms with Crippen LogP contribution in [0.25, 0.3) is 113 Å². The van der Waals surface area contributed by atoms with Gasteiger partial charge < -0.3 is 25.2 Å². The zero-order valence-corrected chi connectivity index (χ0v) is 92.3. The van der Waals surface area contributed by atoms with Gasteiger partial charge in [0.2, 0.25) is 9.84 Å². The highest BCUT2D eigenvalue weighted by molar-refractivity contribution is 8.13. The van der Waals surface area contributed by atoms with Gasteiger partial charge in [-0.1, -0.05) is 374 Å². The number of thiophene rings is 4. The summed E-state index contributed by atoms with van der Waals surface area (Å²) in [5.41, 5.74) is 18.0. The average Bonchev–Trinajstić information content (AvgIpc) is 1.59. The number of cyclic esters (lactones) is 1. The van der Waals surface area contributed by atoms with Crippen molar-refractivity contribution in [1.82, 2.24) is 24.8 Å². The predicted molar refractivity (Wildman–Crippen MR) is 628 cm³/mol. The smallest absolute Gasteiger partial charge is 0.411 e. The van der Waals surface area contributed by atoms with Crippen LogP contribution in [0, 0.1) is 0 Å². The fourth-order valence-corrected chi connectivity index (χ4v) is 22.4. The van der Waals surface area contributed by atoms with Crippen LogP contribution < -0.4 is 21.3 Å². The number of amides is 4. The summed E-state index contributed by atoms with van der Waals surface area (Å²) in [5, 5.41) is 33.7. The summed E-state index contributed by atoms with van der Waals surface area (Å²) in [7, 11) is -4.24. The van der Waals surface area contributed by atoms with Gasteiger partial charge in [0.25, 0.3) is 5.24 Å². The lowest BCUT2D eigenvalue weighted by Crippen LogP contribution is -2.33. The van der Waals surface area contributed by atoms with E-state index in [9.17, 15) is 27.0 Å². The maximum atomic E-state index is 12.1. The van der Waals surface area contributed by atoms with Crippen molar-refractivity contribution in [3.8, 4) is 33.5 Å². The van der Waals surface area contributed by atoms with Gasteiger partial charge in [0.1, 0.15) is 24.0 Å². The van der Waals surface area contributed by atoms with Crippen LogP contribution in [-0.2, 0) is 50.7 Å². The molecule has 0 spiro atoms.